The second-order valence-electron chi connectivity index (χ2n) is 18.7. The number of H-pyrrole nitrogens is 1. The number of ether oxygens (including phenoxy) is 4. The molecule has 1 spiro atoms. The van der Waals surface area contributed by atoms with E-state index in [1.54, 1.807) is 19.2 Å². The highest BCUT2D eigenvalue weighted by atomic mass is 19.3. The molecule has 6 aliphatic rings. The van der Waals surface area contributed by atoms with Crippen LogP contribution < -0.4 is 9.64 Å². The molecule has 0 amide bonds. The number of nitrogens with zero attached hydrogens (tertiary/aromatic N) is 4. The Hall–Kier alpha value is -5.04. The molecular weight excluding hydrogens is 801 g/mol. The lowest BCUT2D eigenvalue weighted by Crippen LogP contribution is -2.81. The van der Waals surface area contributed by atoms with E-state index in [1.807, 2.05) is 42.2 Å². The Morgan fingerprint density at radius 1 is 1.05 bits per heavy atom. The van der Waals surface area contributed by atoms with E-state index in [-0.39, 0.29) is 25.3 Å². The second-order valence-corrected chi connectivity index (χ2v) is 18.7. The maximum absolute atomic E-state index is 15.4. The molecule has 1 saturated carbocycles. The number of nitrogens with one attached hydrogen (secondary N) is 1. The number of aromatic amines is 1. The lowest BCUT2D eigenvalue weighted by atomic mass is 9.47. The van der Waals surface area contributed by atoms with Gasteiger partial charge in [-0.05, 0) is 86.9 Å². The second kappa shape index (κ2) is 14.5. The van der Waals surface area contributed by atoms with Gasteiger partial charge in [0.15, 0.2) is 6.10 Å². The number of aliphatic hydroxyl groups is 1. The molecular formula is C47H55F2N5O8. The Morgan fingerprint density at radius 3 is 2.47 bits per heavy atom. The van der Waals surface area contributed by atoms with Crippen molar-refractivity contribution in [1.29, 1.82) is 5.26 Å². The lowest BCUT2D eigenvalue weighted by molar-refractivity contribution is -0.228. The number of piperidine rings is 1. The van der Waals surface area contributed by atoms with E-state index in [4.69, 9.17) is 18.9 Å². The molecule has 5 aliphatic heterocycles. The molecule has 2 saturated heterocycles. The molecule has 2 aromatic carbocycles. The van der Waals surface area contributed by atoms with Crippen molar-refractivity contribution in [1.82, 2.24) is 14.8 Å². The van der Waals surface area contributed by atoms with Crippen LogP contribution >= 0.6 is 0 Å². The minimum Gasteiger partial charge on any atom is -0.496 e. The van der Waals surface area contributed by atoms with E-state index >= 15 is 13.6 Å². The summed E-state index contributed by atoms with van der Waals surface area (Å²) in [7, 11) is 5.86. The Labute approximate surface area is 359 Å². The summed E-state index contributed by atoms with van der Waals surface area (Å²) in [4.78, 5) is 52.7. The van der Waals surface area contributed by atoms with Crippen molar-refractivity contribution in [2.24, 2.45) is 17.3 Å². The highest BCUT2D eigenvalue weighted by Gasteiger charge is 2.80. The number of alkyl halides is 2. The summed E-state index contributed by atoms with van der Waals surface area (Å²) in [6.45, 7) is 6.51. The minimum absolute atomic E-state index is 0.0902. The largest absolute Gasteiger partial charge is 0.496 e. The number of nitriles is 1. The molecule has 330 valence electrons. The van der Waals surface area contributed by atoms with Gasteiger partial charge in [0.25, 0.3) is 0 Å². The minimum atomic E-state index is -2.97. The molecule has 15 heteroatoms. The maximum atomic E-state index is 15.4. The summed E-state index contributed by atoms with van der Waals surface area (Å²) in [5, 5.41) is 24.1. The van der Waals surface area contributed by atoms with E-state index in [0.717, 1.165) is 23.4 Å². The number of fused-ring (bicyclic) bond motifs is 6. The predicted molar refractivity (Wildman–Crippen MR) is 224 cm³/mol. The SMILES string of the molecule is CC[C@]12C=CCN3CC[C@@]4(c5cc([C@@]6(C(=O)OC)C[C@@H]7C[C@@H](C(C)(F)F)CN(CCc8c6[nH]c6ccc(C#N)cc86)C7)c(OC)cc5N(C)[C@H]4[C@@](O)(C(=O)OC)[C@@H]1OC(C)=O)[C@@H]32. The highest BCUT2D eigenvalue weighted by molar-refractivity contribution is 5.95. The van der Waals surface area contributed by atoms with Crippen LogP contribution in [0.3, 0.4) is 0 Å². The standard InChI is InChI=1S/C47H55F2N5O8/c1-8-44-13-9-15-54-17-14-45(38(44)54)32-20-33(36(59-5)21-35(32)52(4)39(45)47(58,42(57)61-7)40(44)62-26(2)55)46(41(56)60-6)22-28-18-29(43(3,48)49)25-53(24-28)16-12-30-31-19-27(23-50)10-11-34(31)51-37(30)46/h9-11,13,19-21,28-29,38-40,51,58H,8,12,14-18,22,24-25H2,1-7H3/t28-,29+,38-,39+,40+,44+,45+,46-,47-/m0/s1. The fourth-order valence-electron chi connectivity index (χ4n) is 13.5. The van der Waals surface area contributed by atoms with E-state index in [0.29, 0.717) is 79.2 Å². The zero-order valence-corrected chi connectivity index (χ0v) is 36.3. The van der Waals surface area contributed by atoms with E-state index in [1.165, 1.54) is 28.3 Å². The maximum Gasteiger partial charge on any atom is 0.344 e. The molecule has 3 fully saturated rings. The number of carbonyl (C=O) groups excluding carboxylic acids is 3. The number of aromatic nitrogens is 1. The first-order chi connectivity index (χ1) is 29.5. The third-order valence-corrected chi connectivity index (χ3v) is 15.8. The topological polar surface area (TPSA) is 158 Å². The molecule has 6 heterocycles. The molecule has 1 unspecified atom stereocenters. The molecule has 3 aromatic rings. The molecule has 1 aromatic heterocycles. The van der Waals surface area contributed by atoms with Gasteiger partial charge in [0.05, 0.1) is 39.0 Å². The van der Waals surface area contributed by atoms with E-state index in [2.05, 4.69) is 20.9 Å². The van der Waals surface area contributed by atoms with Crippen molar-refractivity contribution in [2.45, 2.75) is 93.4 Å². The summed E-state index contributed by atoms with van der Waals surface area (Å²) in [6, 6.07) is 10.0. The molecule has 0 radical (unpaired) electrons. The number of hydrogen-bond donors (Lipinski definition) is 2. The molecule has 13 nitrogen and oxygen atoms in total. The van der Waals surface area contributed by atoms with Crippen LogP contribution in [0.5, 0.6) is 5.75 Å². The Bertz CT molecular complexity index is 2440. The van der Waals surface area contributed by atoms with E-state index in [9.17, 15) is 20.0 Å². The van der Waals surface area contributed by atoms with Gasteiger partial charge in [0.2, 0.25) is 11.5 Å². The summed E-state index contributed by atoms with van der Waals surface area (Å²) < 4.78 is 54.5. The van der Waals surface area contributed by atoms with Gasteiger partial charge in [-0.15, -0.1) is 0 Å². The molecule has 1 aliphatic carbocycles. The average molecular weight is 856 g/mol. The number of halogens is 2. The predicted octanol–water partition coefficient (Wildman–Crippen LogP) is 4.99. The number of likely N-dealkylation sites (N-methyl/N-ethyl adjacent to an activating group) is 1. The van der Waals surface area contributed by atoms with Gasteiger partial charge >= 0.3 is 17.9 Å². The fraction of sp³-hybridized carbons (Fsp3) is 0.574. The first-order valence-electron chi connectivity index (χ1n) is 21.6. The van der Waals surface area contributed by atoms with Gasteiger partial charge in [-0.25, -0.2) is 13.6 Å². The number of esters is 3. The Kier molecular flexibility index (Phi) is 9.89. The lowest BCUT2D eigenvalue weighted by Gasteiger charge is -2.63. The third-order valence-electron chi connectivity index (χ3n) is 15.8. The van der Waals surface area contributed by atoms with Crippen LogP contribution in [0.2, 0.25) is 0 Å². The third kappa shape index (κ3) is 5.54. The van der Waals surface area contributed by atoms with Gasteiger partial charge in [-0.3, -0.25) is 14.5 Å². The molecule has 10 atom stereocenters. The number of rotatable bonds is 7. The summed E-state index contributed by atoms with van der Waals surface area (Å²) >= 11 is 0. The summed E-state index contributed by atoms with van der Waals surface area (Å²) in [6.07, 6.45) is 4.22. The van der Waals surface area contributed by atoms with Crippen molar-refractivity contribution >= 4 is 34.5 Å². The fourth-order valence-corrected chi connectivity index (χ4v) is 13.5. The first-order valence-corrected chi connectivity index (χ1v) is 21.6. The molecule has 2 N–H and O–H groups in total. The van der Waals surface area contributed by atoms with E-state index < -0.39 is 69.8 Å². The molecule has 9 rings (SSSR count). The van der Waals surface area contributed by atoms with Gasteiger partial charge in [-0.2, -0.15) is 5.26 Å². The van der Waals surface area contributed by atoms with Crippen LogP contribution in [0.1, 0.15) is 74.4 Å². The quantitative estimate of drug-likeness (QED) is 0.187. The number of carbonyl (C=O) groups is 3. The molecule has 2 bridgehead atoms. The summed E-state index contributed by atoms with van der Waals surface area (Å²) in [5.74, 6) is -6.19. The van der Waals surface area contributed by atoms with Crippen molar-refractivity contribution in [3.05, 3.63) is 70.4 Å². The van der Waals surface area contributed by atoms with Gasteiger partial charge < -0.3 is 38.8 Å². The Balaban J connectivity index is 1.37. The van der Waals surface area contributed by atoms with Crippen LogP contribution in [-0.4, -0.2) is 129 Å². The van der Waals surface area contributed by atoms with Gasteiger partial charge in [-0.1, -0.05) is 19.1 Å². The van der Waals surface area contributed by atoms with Crippen molar-refractivity contribution in [3.8, 4) is 11.8 Å². The zero-order valence-electron chi connectivity index (χ0n) is 36.3. The monoisotopic (exact) mass is 855 g/mol. The van der Waals surface area contributed by atoms with Crippen LogP contribution in [-0.2, 0) is 45.8 Å². The van der Waals surface area contributed by atoms with Gasteiger partial charge in [0, 0.05) is 96.9 Å². The highest BCUT2D eigenvalue weighted by Crippen LogP contribution is 2.68. The van der Waals surface area contributed by atoms with Crippen molar-refractivity contribution in [3.63, 3.8) is 0 Å². The smallest absolute Gasteiger partial charge is 0.344 e. The van der Waals surface area contributed by atoms with Crippen molar-refractivity contribution < 1.29 is 47.2 Å². The van der Waals surface area contributed by atoms with Crippen LogP contribution in [0.25, 0.3) is 10.9 Å². The first kappa shape index (κ1) is 42.3. The normalized spacial score (nSPS) is 34.7. The summed E-state index contributed by atoms with van der Waals surface area (Å²) in [5.41, 5.74) is -1.77. The van der Waals surface area contributed by atoms with Crippen LogP contribution in [0.15, 0.2) is 42.5 Å². The van der Waals surface area contributed by atoms with Gasteiger partial charge in [0.1, 0.15) is 11.2 Å². The molecule has 62 heavy (non-hydrogen) atoms. The van der Waals surface area contributed by atoms with Crippen molar-refractivity contribution in [2.75, 3.05) is 66.0 Å². The number of hydrogen-bond acceptors (Lipinski definition) is 12. The number of methoxy groups -OCH3 is 3. The van der Waals surface area contributed by atoms with Crippen LogP contribution in [0, 0.1) is 28.6 Å². The zero-order chi connectivity index (χ0) is 44.3. The Morgan fingerprint density at radius 2 is 1.81 bits per heavy atom. The number of anilines is 1. The number of benzene rings is 2. The van der Waals surface area contributed by atoms with Crippen LogP contribution in [0.4, 0.5) is 14.5 Å². The average Bonchev–Trinajstić information content (AvgIpc) is 3.91.